The molecular formula is C14H15N3OS. The monoisotopic (exact) mass is 273 g/mol. The quantitative estimate of drug-likeness (QED) is 0.928. The molecule has 0 unspecified atom stereocenters. The highest BCUT2D eigenvalue weighted by Crippen LogP contribution is 2.32. The molecule has 4 nitrogen and oxygen atoms in total. The molecule has 1 aliphatic rings. The van der Waals surface area contributed by atoms with Gasteiger partial charge in [0.05, 0.1) is 17.1 Å². The van der Waals surface area contributed by atoms with E-state index in [1.54, 1.807) is 16.2 Å². The van der Waals surface area contributed by atoms with Gasteiger partial charge >= 0.3 is 0 Å². The lowest BCUT2D eigenvalue weighted by Crippen LogP contribution is -2.20. The summed E-state index contributed by atoms with van der Waals surface area (Å²) in [6.45, 7) is 0.621. The number of rotatable bonds is 3. The summed E-state index contributed by atoms with van der Waals surface area (Å²) < 4.78 is 0. The molecule has 98 valence electrons. The first-order chi connectivity index (χ1) is 9.19. The van der Waals surface area contributed by atoms with E-state index in [4.69, 9.17) is 5.73 Å². The van der Waals surface area contributed by atoms with Crippen LogP contribution in [0.4, 0.5) is 5.69 Å². The van der Waals surface area contributed by atoms with E-state index in [1.165, 1.54) is 0 Å². The molecule has 0 spiro atoms. The molecule has 0 bridgehead atoms. The highest BCUT2D eigenvalue weighted by Gasteiger charge is 2.24. The van der Waals surface area contributed by atoms with Gasteiger partial charge in [0, 0.05) is 30.1 Å². The Morgan fingerprint density at radius 1 is 1.47 bits per heavy atom. The van der Waals surface area contributed by atoms with Crippen LogP contribution in [0, 0.1) is 0 Å². The lowest BCUT2D eigenvalue weighted by molar-refractivity contribution is -0.117. The molecule has 5 heteroatoms. The van der Waals surface area contributed by atoms with Crippen LogP contribution in [-0.2, 0) is 17.6 Å². The zero-order valence-electron chi connectivity index (χ0n) is 10.7. The van der Waals surface area contributed by atoms with Gasteiger partial charge in [-0.05, 0) is 24.2 Å². The SMILES string of the molecule is CN1C(=O)Cc2cc(-c3csc(CCN)n3)ccc21. The van der Waals surface area contributed by atoms with Crippen LogP contribution in [-0.4, -0.2) is 24.5 Å². The second kappa shape index (κ2) is 4.75. The molecule has 0 saturated heterocycles. The predicted molar refractivity (Wildman–Crippen MR) is 77.4 cm³/mol. The molecule has 0 saturated carbocycles. The first-order valence-corrected chi connectivity index (χ1v) is 7.11. The van der Waals surface area contributed by atoms with Crippen molar-refractivity contribution >= 4 is 22.9 Å². The smallest absolute Gasteiger partial charge is 0.231 e. The highest BCUT2D eigenvalue weighted by molar-refractivity contribution is 7.09. The molecule has 1 amide bonds. The van der Waals surface area contributed by atoms with Gasteiger partial charge in [0.15, 0.2) is 0 Å². The molecule has 0 aliphatic carbocycles. The number of carbonyl (C=O) groups excluding carboxylic acids is 1. The maximum absolute atomic E-state index is 11.7. The Morgan fingerprint density at radius 2 is 2.32 bits per heavy atom. The summed E-state index contributed by atoms with van der Waals surface area (Å²) in [5.41, 5.74) is 9.67. The van der Waals surface area contributed by atoms with Crippen molar-refractivity contribution in [3.63, 3.8) is 0 Å². The fraction of sp³-hybridized carbons (Fsp3) is 0.286. The van der Waals surface area contributed by atoms with Crippen molar-refractivity contribution in [2.45, 2.75) is 12.8 Å². The number of nitrogens with zero attached hydrogens (tertiary/aromatic N) is 2. The minimum atomic E-state index is 0.147. The van der Waals surface area contributed by atoms with Gasteiger partial charge in [0.25, 0.3) is 0 Å². The van der Waals surface area contributed by atoms with Crippen molar-refractivity contribution in [3.05, 3.63) is 34.2 Å². The number of anilines is 1. The average molecular weight is 273 g/mol. The molecule has 2 aromatic rings. The van der Waals surface area contributed by atoms with Gasteiger partial charge in [-0.2, -0.15) is 0 Å². The van der Waals surface area contributed by atoms with Crippen LogP contribution in [0.5, 0.6) is 0 Å². The van der Waals surface area contributed by atoms with Crippen molar-refractivity contribution < 1.29 is 4.79 Å². The Labute approximate surface area is 115 Å². The van der Waals surface area contributed by atoms with Crippen LogP contribution in [0.2, 0.25) is 0 Å². The third-order valence-corrected chi connectivity index (χ3v) is 4.27. The summed E-state index contributed by atoms with van der Waals surface area (Å²) in [5.74, 6) is 0.147. The maximum atomic E-state index is 11.7. The number of nitrogens with two attached hydrogens (primary N) is 1. The Bertz CT molecular complexity index is 635. The number of carbonyl (C=O) groups is 1. The van der Waals surface area contributed by atoms with Gasteiger partial charge in [0.2, 0.25) is 5.91 Å². The number of hydrogen-bond acceptors (Lipinski definition) is 4. The normalized spacial score (nSPS) is 14.0. The van der Waals surface area contributed by atoms with Crippen molar-refractivity contribution in [2.24, 2.45) is 5.73 Å². The van der Waals surface area contributed by atoms with E-state index in [-0.39, 0.29) is 5.91 Å². The molecule has 3 rings (SSSR count). The van der Waals surface area contributed by atoms with E-state index in [9.17, 15) is 4.79 Å². The molecule has 1 aliphatic heterocycles. The summed E-state index contributed by atoms with van der Waals surface area (Å²) in [4.78, 5) is 17.9. The topological polar surface area (TPSA) is 59.2 Å². The summed E-state index contributed by atoms with van der Waals surface area (Å²) in [7, 11) is 1.82. The van der Waals surface area contributed by atoms with E-state index >= 15 is 0 Å². The number of hydrogen-bond donors (Lipinski definition) is 1. The summed E-state index contributed by atoms with van der Waals surface area (Å²) in [6.07, 6.45) is 1.30. The van der Waals surface area contributed by atoms with Crippen LogP contribution in [0.3, 0.4) is 0 Å². The Morgan fingerprint density at radius 3 is 3.11 bits per heavy atom. The zero-order valence-corrected chi connectivity index (χ0v) is 11.5. The molecular weight excluding hydrogens is 258 g/mol. The summed E-state index contributed by atoms with van der Waals surface area (Å²) >= 11 is 1.63. The third kappa shape index (κ3) is 2.15. The van der Waals surface area contributed by atoms with Crippen molar-refractivity contribution in [1.82, 2.24) is 4.98 Å². The molecule has 0 fully saturated rings. The van der Waals surface area contributed by atoms with Gasteiger partial charge in [0.1, 0.15) is 0 Å². The standard InChI is InChI=1S/C14H15N3OS/c1-17-12-3-2-9(6-10(12)7-14(17)18)11-8-19-13(16-11)4-5-15/h2-3,6,8H,4-5,7,15H2,1H3. The van der Waals surface area contributed by atoms with Crippen molar-refractivity contribution in [3.8, 4) is 11.3 Å². The second-order valence-electron chi connectivity index (χ2n) is 4.64. The summed E-state index contributed by atoms with van der Waals surface area (Å²) in [5, 5.41) is 3.11. The molecule has 1 aromatic heterocycles. The molecule has 19 heavy (non-hydrogen) atoms. The van der Waals surface area contributed by atoms with E-state index < -0.39 is 0 Å². The van der Waals surface area contributed by atoms with Crippen LogP contribution in [0.25, 0.3) is 11.3 Å². The number of amides is 1. The van der Waals surface area contributed by atoms with E-state index in [2.05, 4.69) is 11.1 Å². The third-order valence-electron chi connectivity index (χ3n) is 3.36. The Hall–Kier alpha value is -1.72. The second-order valence-corrected chi connectivity index (χ2v) is 5.58. The number of thiazole rings is 1. The Kier molecular flexibility index (Phi) is 3.08. The first-order valence-electron chi connectivity index (χ1n) is 6.23. The van der Waals surface area contributed by atoms with E-state index in [0.29, 0.717) is 13.0 Å². The maximum Gasteiger partial charge on any atom is 0.231 e. The van der Waals surface area contributed by atoms with Crippen LogP contribution in [0.15, 0.2) is 23.6 Å². The van der Waals surface area contributed by atoms with Gasteiger partial charge < -0.3 is 10.6 Å². The van der Waals surface area contributed by atoms with Gasteiger partial charge in [-0.3, -0.25) is 4.79 Å². The minimum Gasteiger partial charge on any atom is -0.330 e. The zero-order chi connectivity index (χ0) is 13.4. The lowest BCUT2D eigenvalue weighted by Gasteiger charge is -2.09. The van der Waals surface area contributed by atoms with E-state index in [0.717, 1.165) is 33.9 Å². The molecule has 2 heterocycles. The first kappa shape index (κ1) is 12.3. The molecule has 1 aromatic carbocycles. The number of benzene rings is 1. The highest BCUT2D eigenvalue weighted by atomic mass is 32.1. The molecule has 0 radical (unpaired) electrons. The Balaban J connectivity index is 1.94. The fourth-order valence-corrected chi connectivity index (χ4v) is 3.13. The summed E-state index contributed by atoms with van der Waals surface area (Å²) in [6, 6.07) is 6.09. The number of fused-ring (bicyclic) bond motifs is 1. The van der Waals surface area contributed by atoms with Gasteiger partial charge in [-0.15, -0.1) is 11.3 Å². The van der Waals surface area contributed by atoms with Gasteiger partial charge in [-0.25, -0.2) is 4.98 Å². The fourth-order valence-electron chi connectivity index (χ4n) is 2.31. The minimum absolute atomic E-state index is 0.147. The van der Waals surface area contributed by atoms with Crippen LogP contribution < -0.4 is 10.6 Å². The lowest BCUT2D eigenvalue weighted by atomic mass is 10.1. The largest absolute Gasteiger partial charge is 0.330 e. The van der Waals surface area contributed by atoms with Crippen molar-refractivity contribution in [1.29, 1.82) is 0 Å². The average Bonchev–Trinajstić information content (AvgIpc) is 2.96. The van der Waals surface area contributed by atoms with Crippen LogP contribution in [0.1, 0.15) is 10.6 Å². The molecule has 2 N–H and O–H groups in total. The van der Waals surface area contributed by atoms with E-state index in [1.807, 2.05) is 24.6 Å². The number of aromatic nitrogens is 1. The van der Waals surface area contributed by atoms with Gasteiger partial charge in [-0.1, -0.05) is 6.07 Å². The van der Waals surface area contributed by atoms with Crippen molar-refractivity contribution in [2.75, 3.05) is 18.5 Å². The number of likely N-dealkylation sites (N-methyl/N-ethyl adjacent to an activating group) is 1. The molecule has 0 atom stereocenters. The van der Waals surface area contributed by atoms with Crippen LogP contribution >= 0.6 is 11.3 Å². The predicted octanol–water partition coefficient (Wildman–Crippen LogP) is 1.83.